The molecular weight excluding hydrogens is 274 g/mol. The van der Waals surface area contributed by atoms with E-state index in [0.717, 1.165) is 25.9 Å². The second kappa shape index (κ2) is 7.07. The van der Waals surface area contributed by atoms with E-state index in [1.165, 1.54) is 17.5 Å². The largest absolute Gasteiger partial charge is 0.380 e. The highest BCUT2D eigenvalue weighted by Gasteiger charge is 2.31. The van der Waals surface area contributed by atoms with Crippen LogP contribution in [0.4, 0.5) is 0 Å². The molecule has 22 heavy (non-hydrogen) atoms. The number of ether oxygens (including phenoxy) is 1. The van der Waals surface area contributed by atoms with Crippen molar-refractivity contribution in [1.82, 2.24) is 14.7 Å². The SMILES string of the molecule is CO[C@H]1CCCN(Cc2cnn(C)c2)[C@H]1Cc1ccccc1. The first kappa shape index (κ1) is 15.3. The number of nitrogens with zero attached hydrogens (tertiary/aromatic N) is 3. The molecule has 4 nitrogen and oxygen atoms in total. The van der Waals surface area contributed by atoms with E-state index >= 15 is 0 Å². The van der Waals surface area contributed by atoms with E-state index in [0.29, 0.717) is 12.1 Å². The van der Waals surface area contributed by atoms with Crippen LogP contribution in [0.5, 0.6) is 0 Å². The van der Waals surface area contributed by atoms with Crippen molar-refractivity contribution in [2.45, 2.75) is 38.0 Å². The van der Waals surface area contributed by atoms with Gasteiger partial charge in [0, 0.05) is 38.5 Å². The molecule has 0 bridgehead atoms. The molecule has 0 radical (unpaired) electrons. The summed E-state index contributed by atoms with van der Waals surface area (Å²) < 4.78 is 7.66. The lowest BCUT2D eigenvalue weighted by Gasteiger charge is -2.40. The Morgan fingerprint density at radius 1 is 1.23 bits per heavy atom. The zero-order valence-corrected chi connectivity index (χ0v) is 13.5. The number of aromatic nitrogens is 2. The summed E-state index contributed by atoms with van der Waals surface area (Å²) in [6, 6.07) is 11.2. The third-order valence-electron chi connectivity index (χ3n) is 4.57. The maximum absolute atomic E-state index is 5.79. The van der Waals surface area contributed by atoms with E-state index in [9.17, 15) is 0 Å². The number of hydrogen-bond donors (Lipinski definition) is 0. The summed E-state index contributed by atoms with van der Waals surface area (Å²) in [6.07, 6.45) is 7.78. The number of likely N-dealkylation sites (tertiary alicyclic amines) is 1. The molecule has 0 aliphatic carbocycles. The van der Waals surface area contributed by atoms with Crippen LogP contribution < -0.4 is 0 Å². The Morgan fingerprint density at radius 2 is 2.05 bits per heavy atom. The topological polar surface area (TPSA) is 30.3 Å². The monoisotopic (exact) mass is 299 g/mol. The minimum absolute atomic E-state index is 0.311. The van der Waals surface area contributed by atoms with Gasteiger partial charge in [0.25, 0.3) is 0 Å². The number of hydrogen-bond acceptors (Lipinski definition) is 3. The Kier molecular flexibility index (Phi) is 4.90. The number of aryl methyl sites for hydroxylation is 1. The number of piperidine rings is 1. The lowest BCUT2D eigenvalue weighted by Crippen LogP contribution is -2.49. The lowest BCUT2D eigenvalue weighted by atomic mass is 9.92. The molecule has 0 saturated carbocycles. The average molecular weight is 299 g/mol. The van der Waals surface area contributed by atoms with Crippen molar-refractivity contribution < 1.29 is 4.74 Å². The molecule has 1 aliphatic heterocycles. The second-order valence-electron chi connectivity index (χ2n) is 6.17. The van der Waals surface area contributed by atoms with Gasteiger partial charge in [0.05, 0.1) is 12.3 Å². The van der Waals surface area contributed by atoms with Gasteiger partial charge in [-0.1, -0.05) is 30.3 Å². The van der Waals surface area contributed by atoms with Gasteiger partial charge in [-0.15, -0.1) is 0 Å². The van der Waals surface area contributed by atoms with Crippen LogP contribution in [0.3, 0.4) is 0 Å². The third kappa shape index (κ3) is 3.57. The Labute approximate surface area is 132 Å². The number of rotatable bonds is 5. The highest BCUT2D eigenvalue weighted by Crippen LogP contribution is 2.25. The van der Waals surface area contributed by atoms with Crippen LogP contribution in [-0.2, 0) is 24.8 Å². The van der Waals surface area contributed by atoms with Crippen LogP contribution in [0.15, 0.2) is 42.7 Å². The van der Waals surface area contributed by atoms with Crippen LogP contribution in [0.1, 0.15) is 24.0 Å². The van der Waals surface area contributed by atoms with Crippen molar-refractivity contribution in [2.24, 2.45) is 7.05 Å². The molecule has 0 unspecified atom stereocenters. The Morgan fingerprint density at radius 3 is 2.73 bits per heavy atom. The molecule has 1 saturated heterocycles. The van der Waals surface area contributed by atoms with Crippen molar-refractivity contribution in [1.29, 1.82) is 0 Å². The predicted octanol–water partition coefficient (Wildman–Crippen LogP) is 2.64. The summed E-state index contributed by atoms with van der Waals surface area (Å²) in [6.45, 7) is 2.08. The van der Waals surface area contributed by atoms with Crippen LogP contribution in [0, 0.1) is 0 Å². The average Bonchev–Trinajstić information content (AvgIpc) is 2.95. The summed E-state index contributed by atoms with van der Waals surface area (Å²) in [5.74, 6) is 0. The molecule has 4 heteroatoms. The summed E-state index contributed by atoms with van der Waals surface area (Å²) in [4.78, 5) is 2.56. The van der Waals surface area contributed by atoms with E-state index in [-0.39, 0.29) is 0 Å². The highest BCUT2D eigenvalue weighted by atomic mass is 16.5. The second-order valence-corrected chi connectivity index (χ2v) is 6.17. The van der Waals surface area contributed by atoms with Crippen LogP contribution in [0.2, 0.25) is 0 Å². The minimum Gasteiger partial charge on any atom is -0.380 e. The van der Waals surface area contributed by atoms with Crippen LogP contribution >= 0.6 is 0 Å². The summed E-state index contributed by atoms with van der Waals surface area (Å²) in [5.41, 5.74) is 2.66. The third-order valence-corrected chi connectivity index (χ3v) is 4.57. The van der Waals surface area contributed by atoms with E-state index in [4.69, 9.17) is 4.74 Å². The lowest BCUT2D eigenvalue weighted by molar-refractivity contribution is -0.0218. The van der Waals surface area contributed by atoms with Gasteiger partial charge in [-0.25, -0.2) is 0 Å². The molecule has 1 aromatic carbocycles. The van der Waals surface area contributed by atoms with Crippen LogP contribution in [0.25, 0.3) is 0 Å². The Balaban J connectivity index is 1.76. The van der Waals surface area contributed by atoms with Gasteiger partial charge in [-0.05, 0) is 31.4 Å². The zero-order valence-electron chi connectivity index (χ0n) is 13.5. The van der Waals surface area contributed by atoms with Gasteiger partial charge >= 0.3 is 0 Å². The van der Waals surface area contributed by atoms with E-state index < -0.39 is 0 Å². The van der Waals surface area contributed by atoms with Crippen molar-refractivity contribution >= 4 is 0 Å². The fourth-order valence-corrected chi connectivity index (χ4v) is 3.46. The molecule has 1 aliphatic rings. The summed E-state index contributed by atoms with van der Waals surface area (Å²) >= 11 is 0. The van der Waals surface area contributed by atoms with Gasteiger partial charge < -0.3 is 4.74 Å². The Bertz CT molecular complexity index is 581. The smallest absolute Gasteiger partial charge is 0.0730 e. The van der Waals surface area contributed by atoms with E-state index in [2.05, 4.69) is 46.5 Å². The van der Waals surface area contributed by atoms with Crippen molar-refractivity contribution in [3.05, 3.63) is 53.9 Å². The zero-order chi connectivity index (χ0) is 15.4. The summed E-state index contributed by atoms with van der Waals surface area (Å²) in [7, 11) is 3.81. The van der Waals surface area contributed by atoms with Crippen molar-refractivity contribution in [3.63, 3.8) is 0 Å². The van der Waals surface area contributed by atoms with Gasteiger partial charge in [-0.2, -0.15) is 5.10 Å². The molecule has 1 fully saturated rings. The molecule has 118 valence electrons. The first-order chi connectivity index (χ1) is 10.8. The van der Waals surface area contributed by atoms with Crippen LogP contribution in [-0.4, -0.2) is 40.5 Å². The fraction of sp³-hybridized carbons (Fsp3) is 0.500. The highest BCUT2D eigenvalue weighted by molar-refractivity contribution is 5.17. The molecule has 1 aromatic heterocycles. The fourth-order valence-electron chi connectivity index (χ4n) is 3.46. The van der Waals surface area contributed by atoms with E-state index in [1.54, 1.807) is 0 Å². The molecule has 0 spiro atoms. The molecular formula is C18H25N3O. The first-order valence-electron chi connectivity index (χ1n) is 8.04. The minimum atomic E-state index is 0.311. The quantitative estimate of drug-likeness (QED) is 0.850. The maximum atomic E-state index is 5.79. The molecule has 3 rings (SSSR count). The predicted molar refractivity (Wildman–Crippen MR) is 87.6 cm³/mol. The molecule has 0 N–H and O–H groups in total. The normalized spacial score (nSPS) is 22.8. The van der Waals surface area contributed by atoms with E-state index in [1.807, 2.05) is 25.0 Å². The standard InChI is InChI=1S/C18H25N3O/c1-20-13-16(12-19-20)14-21-10-6-9-18(22-2)17(21)11-15-7-4-3-5-8-15/h3-5,7-8,12-13,17-18H,6,9-11,14H2,1-2H3/t17-,18-/m0/s1. The van der Waals surface area contributed by atoms with Gasteiger partial charge in [0.15, 0.2) is 0 Å². The number of benzene rings is 1. The molecule has 2 aromatic rings. The van der Waals surface area contributed by atoms with Crippen molar-refractivity contribution in [2.75, 3.05) is 13.7 Å². The molecule has 2 heterocycles. The van der Waals surface area contributed by atoms with Gasteiger partial charge in [0.2, 0.25) is 0 Å². The molecule has 0 amide bonds. The van der Waals surface area contributed by atoms with Gasteiger partial charge in [-0.3, -0.25) is 9.58 Å². The van der Waals surface area contributed by atoms with Crippen molar-refractivity contribution in [3.8, 4) is 0 Å². The Hall–Kier alpha value is -1.65. The van der Waals surface area contributed by atoms with Gasteiger partial charge in [0.1, 0.15) is 0 Å². The maximum Gasteiger partial charge on any atom is 0.0730 e. The molecule has 2 atom stereocenters. The number of methoxy groups -OCH3 is 1. The first-order valence-corrected chi connectivity index (χ1v) is 8.04. The summed E-state index contributed by atoms with van der Waals surface area (Å²) in [5, 5.41) is 4.29.